The summed E-state index contributed by atoms with van der Waals surface area (Å²) in [5.74, 6) is 0. The van der Waals surface area contributed by atoms with Crippen molar-refractivity contribution in [3.05, 3.63) is 47.3 Å². The smallest absolute Gasteiger partial charge is 0.275 e. The van der Waals surface area contributed by atoms with Crippen LogP contribution in [0.4, 0.5) is 0 Å². The summed E-state index contributed by atoms with van der Waals surface area (Å²) >= 11 is 7.41. The van der Waals surface area contributed by atoms with Gasteiger partial charge >= 0.3 is 0 Å². The molecule has 0 saturated carbocycles. The quantitative estimate of drug-likeness (QED) is 0.531. The summed E-state index contributed by atoms with van der Waals surface area (Å²) in [5.41, 5.74) is 2.22. The number of rotatable bonds is 1. The van der Waals surface area contributed by atoms with E-state index in [1.54, 1.807) is 23.3 Å². The molecule has 1 unspecified atom stereocenters. The summed E-state index contributed by atoms with van der Waals surface area (Å²) in [6.07, 6.45) is 11.4. The number of nitrogens with one attached hydrogen (secondary N) is 1. The first-order chi connectivity index (χ1) is 11.7. The van der Waals surface area contributed by atoms with Crippen LogP contribution in [-0.4, -0.2) is 30.1 Å². The van der Waals surface area contributed by atoms with E-state index in [2.05, 4.69) is 20.2 Å². The summed E-state index contributed by atoms with van der Waals surface area (Å²) < 4.78 is 2.14. The molecular weight excluding hydrogens is 346 g/mol. The molecule has 1 aliphatic carbocycles. The monoisotopic (exact) mass is 355 g/mol. The van der Waals surface area contributed by atoms with Crippen LogP contribution in [0.1, 0.15) is 6.42 Å². The fourth-order valence-electron chi connectivity index (χ4n) is 2.94. The molecule has 0 bridgehead atoms. The zero-order chi connectivity index (χ0) is 16.3. The molecule has 8 heteroatoms. The first-order valence-electron chi connectivity index (χ1n) is 7.37. The second kappa shape index (κ2) is 4.99. The Balaban J connectivity index is 1.82. The van der Waals surface area contributed by atoms with E-state index in [0.29, 0.717) is 16.6 Å². The number of fused-ring (bicyclic) bond motifs is 5. The van der Waals surface area contributed by atoms with E-state index in [4.69, 9.17) is 11.6 Å². The van der Waals surface area contributed by atoms with Crippen LogP contribution in [0.5, 0.6) is 0 Å². The van der Waals surface area contributed by atoms with Gasteiger partial charge in [-0.25, -0.2) is 9.97 Å². The number of alkyl halides is 1. The van der Waals surface area contributed by atoms with Crippen LogP contribution < -0.4 is 5.56 Å². The Hall–Kier alpha value is -2.51. The Morgan fingerprint density at radius 3 is 3.08 bits per heavy atom. The first-order valence-corrected chi connectivity index (χ1v) is 8.62. The Kier molecular flexibility index (Phi) is 2.89. The van der Waals surface area contributed by atoms with Gasteiger partial charge in [0.05, 0.1) is 22.5 Å². The largest absolute Gasteiger partial charge is 0.277 e. The van der Waals surface area contributed by atoms with E-state index in [0.717, 1.165) is 26.8 Å². The average Bonchev–Trinajstić information content (AvgIpc) is 3.20. The lowest BCUT2D eigenvalue weighted by Crippen LogP contribution is -2.19. The molecule has 0 aromatic carbocycles. The second-order valence-electron chi connectivity index (χ2n) is 5.58. The molecule has 4 aromatic heterocycles. The standard InChI is InChI=1S/C16H10ClN5OS/c17-9-1-3-10(4-2-9)22-7-19-13-11-12-8(6-20-21-12)5-18-15(11)24-14(13)16(22)23/h1,3-7,9H,2H2,(H,20,21). The third-order valence-electron chi connectivity index (χ3n) is 4.13. The maximum absolute atomic E-state index is 12.9. The highest BCUT2D eigenvalue weighted by Crippen LogP contribution is 2.33. The molecule has 4 heterocycles. The average molecular weight is 356 g/mol. The highest BCUT2D eigenvalue weighted by molar-refractivity contribution is 7.25. The van der Waals surface area contributed by atoms with Gasteiger partial charge in [-0.15, -0.1) is 22.9 Å². The van der Waals surface area contributed by atoms with Gasteiger partial charge in [0, 0.05) is 17.3 Å². The molecule has 0 fully saturated rings. The van der Waals surface area contributed by atoms with E-state index in [9.17, 15) is 4.79 Å². The molecule has 4 aromatic rings. The van der Waals surface area contributed by atoms with Gasteiger partial charge in [0.1, 0.15) is 21.4 Å². The maximum atomic E-state index is 12.9. The molecule has 24 heavy (non-hydrogen) atoms. The molecule has 6 nitrogen and oxygen atoms in total. The number of thiophene rings is 1. The molecule has 0 spiro atoms. The number of pyridine rings is 1. The van der Waals surface area contributed by atoms with Crippen molar-refractivity contribution >= 4 is 60.0 Å². The number of hydrogen-bond acceptors (Lipinski definition) is 5. The van der Waals surface area contributed by atoms with Crippen LogP contribution in [-0.2, 0) is 0 Å². The lowest BCUT2D eigenvalue weighted by atomic mass is 10.1. The summed E-state index contributed by atoms with van der Waals surface area (Å²) in [7, 11) is 0. The van der Waals surface area contributed by atoms with Crippen molar-refractivity contribution in [2.24, 2.45) is 0 Å². The molecule has 0 saturated heterocycles. The van der Waals surface area contributed by atoms with Crippen molar-refractivity contribution in [1.82, 2.24) is 24.7 Å². The molecular formula is C16H10ClN5OS. The van der Waals surface area contributed by atoms with E-state index >= 15 is 0 Å². The van der Waals surface area contributed by atoms with Gasteiger partial charge in [0.2, 0.25) is 0 Å². The van der Waals surface area contributed by atoms with Crippen LogP contribution >= 0.6 is 22.9 Å². The minimum Gasteiger partial charge on any atom is -0.277 e. The van der Waals surface area contributed by atoms with Crippen LogP contribution in [0.15, 0.2) is 41.7 Å². The van der Waals surface area contributed by atoms with E-state index in [-0.39, 0.29) is 10.9 Å². The van der Waals surface area contributed by atoms with Gasteiger partial charge in [0.25, 0.3) is 5.56 Å². The van der Waals surface area contributed by atoms with Gasteiger partial charge < -0.3 is 0 Å². The van der Waals surface area contributed by atoms with Crippen LogP contribution in [0.2, 0.25) is 0 Å². The number of aromatic amines is 1. The van der Waals surface area contributed by atoms with Crippen molar-refractivity contribution in [2.75, 3.05) is 0 Å². The molecule has 0 aliphatic heterocycles. The molecule has 0 amide bonds. The normalized spacial score (nSPS) is 17.9. The third kappa shape index (κ3) is 1.88. The Morgan fingerprint density at radius 1 is 1.33 bits per heavy atom. The van der Waals surface area contributed by atoms with E-state index < -0.39 is 0 Å². The van der Waals surface area contributed by atoms with Crippen molar-refractivity contribution in [1.29, 1.82) is 0 Å². The lowest BCUT2D eigenvalue weighted by molar-refractivity contribution is 0.959. The highest BCUT2D eigenvalue weighted by Gasteiger charge is 2.17. The minimum atomic E-state index is -0.0976. The zero-order valence-electron chi connectivity index (χ0n) is 12.2. The first kappa shape index (κ1) is 13.9. The summed E-state index contributed by atoms with van der Waals surface area (Å²) in [4.78, 5) is 22.7. The minimum absolute atomic E-state index is 0.0247. The van der Waals surface area contributed by atoms with Crippen molar-refractivity contribution in [3.63, 3.8) is 0 Å². The van der Waals surface area contributed by atoms with E-state index in [1.807, 2.05) is 18.2 Å². The van der Waals surface area contributed by atoms with Crippen molar-refractivity contribution in [2.45, 2.75) is 11.8 Å². The number of halogens is 1. The highest BCUT2D eigenvalue weighted by atomic mass is 35.5. The summed E-state index contributed by atoms with van der Waals surface area (Å²) in [5, 5.41) is 8.76. The lowest BCUT2D eigenvalue weighted by Gasteiger charge is -2.12. The van der Waals surface area contributed by atoms with Crippen LogP contribution in [0, 0.1) is 0 Å². The van der Waals surface area contributed by atoms with Gasteiger partial charge in [-0.2, -0.15) is 5.10 Å². The number of aromatic nitrogens is 5. The number of H-pyrrole nitrogens is 1. The summed E-state index contributed by atoms with van der Waals surface area (Å²) in [6.45, 7) is 0. The summed E-state index contributed by atoms with van der Waals surface area (Å²) in [6, 6.07) is 0. The zero-order valence-corrected chi connectivity index (χ0v) is 13.8. The van der Waals surface area contributed by atoms with Crippen LogP contribution in [0.25, 0.3) is 37.0 Å². The molecule has 5 rings (SSSR count). The molecule has 1 atom stereocenters. The van der Waals surface area contributed by atoms with Gasteiger partial charge in [-0.05, 0) is 12.5 Å². The molecule has 1 N–H and O–H groups in total. The Bertz CT molecular complexity index is 1230. The Morgan fingerprint density at radius 2 is 2.25 bits per heavy atom. The maximum Gasteiger partial charge on any atom is 0.275 e. The second-order valence-corrected chi connectivity index (χ2v) is 7.14. The number of hydrogen-bond donors (Lipinski definition) is 1. The fourth-order valence-corrected chi connectivity index (χ4v) is 4.14. The fraction of sp³-hybridized carbons (Fsp3) is 0.125. The Labute approximate surface area is 144 Å². The van der Waals surface area contributed by atoms with Crippen molar-refractivity contribution < 1.29 is 0 Å². The number of allylic oxidation sites excluding steroid dienone is 4. The van der Waals surface area contributed by atoms with Gasteiger partial charge in [-0.3, -0.25) is 14.5 Å². The van der Waals surface area contributed by atoms with E-state index in [1.165, 1.54) is 11.3 Å². The molecule has 0 radical (unpaired) electrons. The number of nitrogens with zero attached hydrogens (tertiary/aromatic N) is 4. The van der Waals surface area contributed by atoms with Gasteiger partial charge in [0.15, 0.2) is 0 Å². The third-order valence-corrected chi connectivity index (χ3v) is 5.52. The van der Waals surface area contributed by atoms with Gasteiger partial charge in [-0.1, -0.05) is 12.2 Å². The van der Waals surface area contributed by atoms with Crippen LogP contribution in [0.3, 0.4) is 0 Å². The predicted molar refractivity (Wildman–Crippen MR) is 96.5 cm³/mol. The topological polar surface area (TPSA) is 76.5 Å². The van der Waals surface area contributed by atoms with Crippen molar-refractivity contribution in [3.8, 4) is 0 Å². The molecule has 1 aliphatic rings. The predicted octanol–water partition coefficient (Wildman–Crippen LogP) is 3.29. The SMILES string of the molecule is O=c1c2sc3ncc4cn[nH]c4c3c2ncn1C1=CCC(Cl)C=C1. The molecule has 118 valence electrons.